The summed E-state index contributed by atoms with van der Waals surface area (Å²) in [7, 11) is 4.24. The van der Waals surface area contributed by atoms with E-state index in [2.05, 4.69) is 115 Å². The number of hydrogen-bond acceptors (Lipinski definition) is 4. The third-order valence-corrected chi connectivity index (χ3v) is 9.77. The molecule has 278 valence electrons. The molecule has 0 aliphatic carbocycles. The molecule has 1 aromatic heterocycles. The van der Waals surface area contributed by atoms with Crippen LogP contribution in [0.15, 0.2) is 59.5 Å². The maximum absolute atomic E-state index is 12.9. The van der Waals surface area contributed by atoms with Gasteiger partial charge in [0.1, 0.15) is 12.1 Å². The first-order chi connectivity index (χ1) is 23.1. The maximum Gasteiger partial charge on any atom is 1.00 e. The van der Waals surface area contributed by atoms with E-state index in [1.54, 1.807) is 19.2 Å². The van der Waals surface area contributed by atoms with Crippen LogP contribution in [0.1, 0.15) is 133 Å². The van der Waals surface area contributed by atoms with Crippen LogP contribution in [0.25, 0.3) is 0 Å². The number of carbonyl (C=O) groups is 2. The van der Waals surface area contributed by atoms with E-state index in [1.807, 2.05) is 33.2 Å². The number of quaternary nitrogens is 1. The molecule has 0 saturated heterocycles. The van der Waals surface area contributed by atoms with Crippen molar-refractivity contribution in [2.45, 2.75) is 147 Å². The Morgan fingerprint density at radius 1 is 1.10 bits per heavy atom. The first-order valence-electron chi connectivity index (χ1n) is 18.7. The van der Waals surface area contributed by atoms with E-state index in [1.165, 1.54) is 43.3 Å². The van der Waals surface area contributed by atoms with Gasteiger partial charge in [0.25, 0.3) is 5.91 Å². The minimum atomic E-state index is -0.160. The van der Waals surface area contributed by atoms with Gasteiger partial charge in [0.05, 0.1) is 36.9 Å². The number of pyridine rings is 1. The van der Waals surface area contributed by atoms with Gasteiger partial charge in [0, 0.05) is 31.9 Å². The van der Waals surface area contributed by atoms with Crippen LogP contribution in [-0.2, 0) is 9.59 Å². The molecule has 8 heteroatoms. The summed E-state index contributed by atoms with van der Waals surface area (Å²) < 4.78 is 0.886. The van der Waals surface area contributed by atoms with E-state index < -0.39 is 0 Å². The monoisotopic (exact) mass is 719 g/mol. The Morgan fingerprint density at radius 2 is 1.74 bits per heavy atom. The summed E-state index contributed by atoms with van der Waals surface area (Å²) in [5, 5.41) is 8.86. The van der Waals surface area contributed by atoms with Gasteiger partial charge in [-0.1, -0.05) is 79.9 Å². The fraction of sp³-hybridized carbons (Fsp3) is 0.619. The summed E-state index contributed by atoms with van der Waals surface area (Å²) in [5.41, 5.74) is 5.60. The van der Waals surface area contributed by atoms with Crippen LogP contribution in [-0.4, -0.2) is 54.0 Å². The molecule has 0 spiro atoms. The Kier molecular flexibility index (Phi) is 27.4. The molecule has 1 aliphatic rings. The topological polar surface area (TPSA) is 83.1 Å². The van der Waals surface area contributed by atoms with E-state index in [-0.39, 0.29) is 63.2 Å². The Hall–Kier alpha value is -1.55. The number of aryl methyl sites for hydroxylation is 1. The van der Waals surface area contributed by atoms with Crippen LogP contribution in [0.2, 0.25) is 0 Å². The first-order valence-corrected chi connectivity index (χ1v) is 18.7. The van der Waals surface area contributed by atoms with Gasteiger partial charge in [-0.05, 0) is 75.1 Å². The molecule has 3 atom stereocenters. The Balaban J connectivity index is 0. The van der Waals surface area contributed by atoms with Crippen LogP contribution in [0.3, 0.4) is 0 Å². The average molecular weight is 719 g/mol. The van der Waals surface area contributed by atoms with E-state index in [0.29, 0.717) is 46.6 Å². The predicted octanol–water partition coefficient (Wildman–Crippen LogP) is 7.48. The predicted molar refractivity (Wildman–Crippen MR) is 213 cm³/mol. The molecule has 1 aliphatic heterocycles. The second kappa shape index (κ2) is 27.1. The van der Waals surface area contributed by atoms with Crippen LogP contribution in [0.4, 0.5) is 11.4 Å². The SMILES string of the molecule is CCC(=O)Nc1cnc(C)c(NC(=O)C(C)=CCC[N+]2(C)C(C)C=C(/C(C)=C/NC)C=CC2CC)c1.CCCCC(C)(C)CC.C[CH-]CC.[K+]. The number of likely N-dealkylation sites (N-methyl/N-ethyl adjacent to an activating group) is 1. The number of aromatic nitrogens is 1. The first kappa shape index (κ1) is 50.6. The molecule has 2 amide bonds. The Labute approximate surface area is 350 Å². The molecule has 1 aromatic rings. The second-order valence-corrected chi connectivity index (χ2v) is 14.2. The fourth-order valence-electron chi connectivity index (χ4n) is 5.37. The summed E-state index contributed by atoms with van der Waals surface area (Å²) in [6.07, 6.45) is 23.6. The van der Waals surface area contributed by atoms with Crippen molar-refractivity contribution < 1.29 is 65.5 Å². The zero-order chi connectivity index (χ0) is 37.6. The fourth-order valence-corrected chi connectivity index (χ4v) is 5.37. The molecular weight excluding hydrogens is 646 g/mol. The molecule has 0 fully saturated rings. The molecule has 0 saturated carbocycles. The van der Waals surface area contributed by atoms with Crippen molar-refractivity contribution in [3.8, 4) is 0 Å². The number of amides is 2. The van der Waals surface area contributed by atoms with Crippen LogP contribution in [0, 0.1) is 18.8 Å². The Bertz CT molecular complexity index is 1260. The zero-order valence-electron chi connectivity index (χ0n) is 34.8. The minimum absolute atomic E-state index is 0. The molecule has 3 unspecified atom stereocenters. The van der Waals surface area contributed by atoms with Gasteiger partial charge in [-0.3, -0.25) is 14.6 Å². The second-order valence-electron chi connectivity index (χ2n) is 14.2. The van der Waals surface area contributed by atoms with Gasteiger partial charge in [-0.25, -0.2) is 0 Å². The standard InChI is InChI=1S/C29H43N5O2.C9H20.C4H9.K/c1-9-26-14-13-24(21(4)18-30-7)16-22(5)34(26,8)15-11-12-20(3)29(36)33-27-17-25(19-31-23(27)6)32-28(35)10-2;1-5-7-8-9(3,4)6-2;1-3-4-2;/h12-14,16-19,22,26,30H,9-11,15H2,1-8H3,(H-,32,33,35,36);5-8H2,1-4H3;3H,4H2,1-2H3;/q;;-1;+1/p+1/b20-12?,21-18+;;;. The normalized spacial score (nSPS) is 19.0. The van der Waals surface area contributed by atoms with Gasteiger partial charge in [0.2, 0.25) is 5.91 Å². The van der Waals surface area contributed by atoms with Crippen molar-refractivity contribution in [1.82, 2.24) is 10.3 Å². The number of allylic oxidation sites excluding steroid dienone is 3. The molecule has 0 radical (unpaired) electrons. The zero-order valence-corrected chi connectivity index (χ0v) is 38.0. The summed E-state index contributed by atoms with van der Waals surface area (Å²) in [6.45, 7) is 26.4. The van der Waals surface area contributed by atoms with E-state index in [9.17, 15) is 9.59 Å². The Morgan fingerprint density at radius 3 is 2.26 bits per heavy atom. The summed E-state index contributed by atoms with van der Waals surface area (Å²) in [6, 6.07) is 2.48. The molecule has 50 heavy (non-hydrogen) atoms. The van der Waals surface area contributed by atoms with Crippen molar-refractivity contribution in [2.75, 3.05) is 31.3 Å². The molecule has 7 nitrogen and oxygen atoms in total. The molecule has 0 aromatic carbocycles. The molecular formula is C42H73KN5O2+. The number of anilines is 2. The van der Waals surface area contributed by atoms with Crippen molar-refractivity contribution in [3.63, 3.8) is 0 Å². The van der Waals surface area contributed by atoms with Gasteiger partial charge in [-0.2, -0.15) is 13.3 Å². The number of nitrogens with zero attached hydrogens (tertiary/aromatic N) is 2. The van der Waals surface area contributed by atoms with Crippen molar-refractivity contribution in [3.05, 3.63) is 71.6 Å². The number of carbonyl (C=O) groups excluding carboxylic acids is 2. The van der Waals surface area contributed by atoms with E-state index in [0.717, 1.165) is 23.9 Å². The number of hydrogen-bond donors (Lipinski definition) is 3. The smallest absolute Gasteiger partial charge is 0.394 e. The van der Waals surface area contributed by atoms with Gasteiger partial charge in [0.15, 0.2) is 0 Å². The largest absolute Gasteiger partial charge is 1.00 e. The maximum atomic E-state index is 12.9. The molecule has 2 rings (SSSR count). The molecule has 2 heterocycles. The summed E-state index contributed by atoms with van der Waals surface area (Å²) >= 11 is 0. The van der Waals surface area contributed by atoms with Crippen LogP contribution >= 0.6 is 0 Å². The van der Waals surface area contributed by atoms with Crippen LogP contribution in [0.5, 0.6) is 0 Å². The number of unbranched alkanes of at least 4 members (excludes halogenated alkanes) is 2. The van der Waals surface area contributed by atoms with Crippen molar-refractivity contribution in [1.29, 1.82) is 0 Å². The quantitative estimate of drug-likeness (QED) is 0.0761. The average Bonchev–Trinajstić information content (AvgIpc) is 3.20. The van der Waals surface area contributed by atoms with Gasteiger partial charge >= 0.3 is 51.4 Å². The molecule has 3 N–H and O–H groups in total. The van der Waals surface area contributed by atoms with E-state index >= 15 is 0 Å². The number of rotatable bonds is 15. The summed E-state index contributed by atoms with van der Waals surface area (Å²) in [5.74, 6) is -0.254. The van der Waals surface area contributed by atoms with Crippen LogP contribution < -0.4 is 67.3 Å². The van der Waals surface area contributed by atoms with Gasteiger partial charge in [-0.15, -0.1) is 0 Å². The summed E-state index contributed by atoms with van der Waals surface area (Å²) in [4.78, 5) is 28.9. The third-order valence-electron chi connectivity index (χ3n) is 9.77. The molecule has 0 bridgehead atoms. The number of nitrogens with one attached hydrogen (secondary N) is 3. The minimum Gasteiger partial charge on any atom is -0.394 e. The van der Waals surface area contributed by atoms with Crippen molar-refractivity contribution >= 4 is 23.2 Å². The van der Waals surface area contributed by atoms with Crippen molar-refractivity contribution in [2.24, 2.45) is 5.41 Å². The van der Waals surface area contributed by atoms with Gasteiger partial charge < -0.3 is 26.9 Å². The third kappa shape index (κ3) is 18.8. The van der Waals surface area contributed by atoms with E-state index in [4.69, 9.17) is 0 Å².